The van der Waals surface area contributed by atoms with Gasteiger partial charge in [0.05, 0.1) is 5.02 Å². The molecule has 1 nitrogen and oxygen atoms in total. The fourth-order valence-electron chi connectivity index (χ4n) is 2.07. The van der Waals surface area contributed by atoms with Crippen LogP contribution in [-0.2, 0) is 0 Å². The lowest BCUT2D eigenvalue weighted by molar-refractivity contribution is 0.628. The molecule has 0 saturated carbocycles. The van der Waals surface area contributed by atoms with Crippen molar-refractivity contribution in [1.29, 1.82) is 0 Å². The van der Waals surface area contributed by atoms with Crippen LogP contribution in [0.5, 0.6) is 0 Å². The number of hydrogen-bond donors (Lipinski definition) is 1. The first-order chi connectivity index (χ1) is 9.63. The van der Waals surface area contributed by atoms with E-state index in [1.165, 1.54) is 12.1 Å². The highest BCUT2D eigenvalue weighted by Gasteiger charge is 2.02. The number of rotatable bonds is 2. The Morgan fingerprint density at radius 2 is 1.85 bits per heavy atom. The lowest BCUT2D eigenvalue weighted by Gasteiger charge is -1.98. The monoisotopic (exact) mass is 349 g/mol. The highest BCUT2D eigenvalue weighted by Crippen LogP contribution is 2.25. The predicted octanol–water partition coefficient (Wildman–Crippen LogP) is 5.89. The van der Waals surface area contributed by atoms with E-state index < -0.39 is 0 Å². The summed E-state index contributed by atoms with van der Waals surface area (Å²) in [5.74, 6) is -0.330. The van der Waals surface area contributed by atoms with Crippen molar-refractivity contribution < 1.29 is 4.39 Å². The molecule has 0 fully saturated rings. The van der Waals surface area contributed by atoms with Crippen LogP contribution in [0.3, 0.4) is 0 Å². The molecule has 0 unspecified atom stereocenters. The number of H-pyrrole nitrogens is 1. The fraction of sp³-hybridized carbons (Fsp3) is 0. The van der Waals surface area contributed by atoms with E-state index in [0.29, 0.717) is 5.02 Å². The van der Waals surface area contributed by atoms with Crippen LogP contribution in [0.2, 0.25) is 5.02 Å². The van der Waals surface area contributed by atoms with Crippen molar-refractivity contribution in [3.63, 3.8) is 0 Å². The van der Waals surface area contributed by atoms with Gasteiger partial charge in [0.2, 0.25) is 0 Å². The summed E-state index contributed by atoms with van der Waals surface area (Å²) in [6.45, 7) is 0. The Balaban J connectivity index is 2.00. The summed E-state index contributed by atoms with van der Waals surface area (Å²) in [6, 6.07) is 10.4. The lowest BCUT2D eigenvalue weighted by atomic mass is 10.1. The lowest BCUT2D eigenvalue weighted by Crippen LogP contribution is -1.78. The van der Waals surface area contributed by atoms with Gasteiger partial charge in [-0.3, -0.25) is 0 Å². The molecule has 0 amide bonds. The van der Waals surface area contributed by atoms with Crippen molar-refractivity contribution in [1.82, 2.24) is 4.98 Å². The van der Waals surface area contributed by atoms with Crippen molar-refractivity contribution in [2.75, 3.05) is 0 Å². The zero-order valence-electron chi connectivity index (χ0n) is 10.3. The maximum absolute atomic E-state index is 13.0. The van der Waals surface area contributed by atoms with Crippen LogP contribution in [0.4, 0.5) is 4.39 Å². The standard InChI is InChI=1S/C16H10BrClFN/c17-12-4-6-16-14(7-12)11(9-20-16)2-1-10-3-5-13(19)8-15(10)18/h1-9,20H/b2-1-. The highest BCUT2D eigenvalue weighted by molar-refractivity contribution is 9.10. The van der Waals surface area contributed by atoms with Crippen molar-refractivity contribution in [2.45, 2.75) is 0 Å². The SMILES string of the molecule is Fc1ccc(/C=C\c2c[nH]c3ccc(Br)cc23)c(Cl)c1. The molecule has 3 rings (SSSR count). The molecular formula is C16H10BrClFN. The van der Waals surface area contributed by atoms with E-state index in [1.54, 1.807) is 6.07 Å². The summed E-state index contributed by atoms with van der Waals surface area (Å²) in [5.41, 5.74) is 2.91. The second-order valence-electron chi connectivity index (χ2n) is 4.43. The fourth-order valence-corrected chi connectivity index (χ4v) is 2.66. The van der Waals surface area contributed by atoms with Crippen LogP contribution in [-0.4, -0.2) is 4.98 Å². The molecule has 2 aromatic carbocycles. The van der Waals surface area contributed by atoms with E-state index in [0.717, 1.165) is 26.5 Å². The Kier molecular flexibility index (Phi) is 3.64. The van der Waals surface area contributed by atoms with E-state index in [9.17, 15) is 4.39 Å². The molecule has 4 heteroatoms. The zero-order valence-corrected chi connectivity index (χ0v) is 12.7. The quantitative estimate of drug-likeness (QED) is 0.593. The van der Waals surface area contributed by atoms with Gasteiger partial charge in [0.1, 0.15) is 5.82 Å². The number of hydrogen-bond acceptors (Lipinski definition) is 0. The van der Waals surface area contributed by atoms with Gasteiger partial charge in [0, 0.05) is 21.6 Å². The van der Waals surface area contributed by atoms with E-state index in [4.69, 9.17) is 11.6 Å². The predicted molar refractivity (Wildman–Crippen MR) is 86.3 cm³/mol. The van der Waals surface area contributed by atoms with Gasteiger partial charge in [-0.2, -0.15) is 0 Å². The topological polar surface area (TPSA) is 15.8 Å². The normalized spacial score (nSPS) is 11.6. The molecule has 1 aromatic heterocycles. The minimum Gasteiger partial charge on any atom is -0.361 e. The van der Waals surface area contributed by atoms with Crippen LogP contribution in [0.25, 0.3) is 23.1 Å². The van der Waals surface area contributed by atoms with Gasteiger partial charge in [0.15, 0.2) is 0 Å². The molecule has 0 aliphatic carbocycles. The molecule has 100 valence electrons. The summed E-state index contributed by atoms with van der Waals surface area (Å²) >= 11 is 9.47. The summed E-state index contributed by atoms with van der Waals surface area (Å²) in [7, 11) is 0. The van der Waals surface area contributed by atoms with E-state index >= 15 is 0 Å². The first kappa shape index (κ1) is 13.4. The van der Waals surface area contributed by atoms with Crippen LogP contribution < -0.4 is 0 Å². The largest absolute Gasteiger partial charge is 0.361 e. The van der Waals surface area contributed by atoms with Gasteiger partial charge in [-0.15, -0.1) is 0 Å². The molecule has 0 aliphatic heterocycles. The Hall–Kier alpha value is -1.58. The second-order valence-corrected chi connectivity index (χ2v) is 5.76. The summed E-state index contributed by atoms with van der Waals surface area (Å²) in [4.78, 5) is 3.21. The van der Waals surface area contributed by atoms with Crippen LogP contribution >= 0.6 is 27.5 Å². The van der Waals surface area contributed by atoms with E-state index in [-0.39, 0.29) is 5.82 Å². The number of aromatic nitrogens is 1. The number of fused-ring (bicyclic) bond motifs is 1. The number of halogens is 3. The molecule has 0 atom stereocenters. The third-order valence-corrected chi connectivity index (χ3v) is 3.90. The van der Waals surface area contributed by atoms with Crippen LogP contribution in [0.1, 0.15) is 11.1 Å². The van der Waals surface area contributed by atoms with Gasteiger partial charge in [-0.1, -0.05) is 45.7 Å². The molecule has 0 radical (unpaired) electrons. The Bertz CT molecular complexity index is 807. The third-order valence-electron chi connectivity index (χ3n) is 3.08. The van der Waals surface area contributed by atoms with Gasteiger partial charge in [-0.05, 0) is 41.5 Å². The van der Waals surface area contributed by atoms with Crippen molar-refractivity contribution in [3.05, 3.63) is 69.0 Å². The van der Waals surface area contributed by atoms with E-state index in [2.05, 4.69) is 27.0 Å². The smallest absolute Gasteiger partial charge is 0.124 e. The molecular weight excluding hydrogens is 341 g/mol. The van der Waals surface area contributed by atoms with E-state index in [1.807, 2.05) is 30.5 Å². The Morgan fingerprint density at radius 3 is 2.65 bits per heavy atom. The first-order valence-electron chi connectivity index (χ1n) is 6.03. The minimum atomic E-state index is -0.330. The van der Waals surface area contributed by atoms with Gasteiger partial charge in [0.25, 0.3) is 0 Å². The molecule has 0 spiro atoms. The van der Waals surface area contributed by atoms with Crippen molar-refractivity contribution in [2.24, 2.45) is 0 Å². The number of aromatic amines is 1. The molecule has 0 bridgehead atoms. The molecule has 0 saturated heterocycles. The summed E-state index contributed by atoms with van der Waals surface area (Å²) in [5, 5.41) is 1.52. The van der Waals surface area contributed by atoms with Crippen molar-refractivity contribution in [3.8, 4) is 0 Å². The highest BCUT2D eigenvalue weighted by atomic mass is 79.9. The third kappa shape index (κ3) is 2.65. The maximum Gasteiger partial charge on any atom is 0.124 e. The Morgan fingerprint density at radius 1 is 1.05 bits per heavy atom. The minimum absolute atomic E-state index is 0.330. The summed E-state index contributed by atoms with van der Waals surface area (Å²) < 4.78 is 14.0. The Labute approximate surface area is 129 Å². The molecule has 3 aromatic rings. The molecule has 1 N–H and O–H groups in total. The first-order valence-corrected chi connectivity index (χ1v) is 7.20. The van der Waals surface area contributed by atoms with Crippen LogP contribution in [0, 0.1) is 5.82 Å². The molecule has 0 aliphatic rings. The van der Waals surface area contributed by atoms with Crippen LogP contribution in [0.15, 0.2) is 47.1 Å². The van der Waals surface area contributed by atoms with Gasteiger partial charge < -0.3 is 4.98 Å². The van der Waals surface area contributed by atoms with Crippen molar-refractivity contribution >= 4 is 50.6 Å². The van der Waals surface area contributed by atoms with Gasteiger partial charge >= 0.3 is 0 Å². The summed E-state index contributed by atoms with van der Waals surface area (Å²) in [6.07, 6.45) is 5.78. The average molecular weight is 351 g/mol. The number of nitrogens with one attached hydrogen (secondary N) is 1. The van der Waals surface area contributed by atoms with Gasteiger partial charge in [-0.25, -0.2) is 4.39 Å². The second kappa shape index (κ2) is 5.43. The zero-order chi connectivity index (χ0) is 14.1. The average Bonchev–Trinajstić information content (AvgIpc) is 2.80. The number of benzene rings is 2. The maximum atomic E-state index is 13.0. The molecule has 1 heterocycles. The molecule has 20 heavy (non-hydrogen) atoms.